The lowest BCUT2D eigenvalue weighted by molar-refractivity contribution is -0.133. The lowest BCUT2D eigenvalue weighted by Gasteiger charge is -2.31. The molecule has 0 saturated carbocycles. The summed E-state index contributed by atoms with van der Waals surface area (Å²) in [4.78, 5) is 28.7. The fourth-order valence-electron chi connectivity index (χ4n) is 5.23. The van der Waals surface area contributed by atoms with Crippen molar-refractivity contribution in [3.05, 3.63) is 82.9 Å². The van der Waals surface area contributed by atoms with Gasteiger partial charge >= 0.3 is 0 Å². The largest absolute Gasteiger partial charge is 0.350 e. The first kappa shape index (κ1) is 28.1. The van der Waals surface area contributed by atoms with Gasteiger partial charge in [0.25, 0.3) is 5.91 Å². The van der Waals surface area contributed by atoms with Gasteiger partial charge in [-0.25, -0.2) is 0 Å². The van der Waals surface area contributed by atoms with Crippen LogP contribution in [0.2, 0.25) is 5.02 Å². The minimum atomic E-state index is -0.505. The Hall–Kier alpha value is -2.93. The summed E-state index contributed by atoms with van der Waals surface area (Å²) in [5.74, 6) is 0.215. The van der Waals surface area contributed by atoms with E-state index in [1.807, 2.05) is 73.3 Å². The first-order valence-corrected chi connectivity index (χ1v) is 13.9. The maximum atomic E-state index is 13.7. The normalized spacial score (nSPS) is 19.3. The van der Waals surface area contributed by atoms with Crippen LogP contribution >= 0.6 is 11.6 Å². The van der Waals surface area contributed by atoms with Gasteiger partial charge in [0, 0.05) is 47.7 Å². The Morgan fingerprint density at radius 2 is 1.84 bits per heavy atom. The van der Waals surface area contributed by atoms with Gasteiger partial charge in [-0.2, -0.15) is 0 Å². The van der Waals surface area contributed by atoms with Crippen molar-refractivity contribution in [1.82, 2.24) is 15.5 Å². The summed E-state index contributed by atoms with van der Waals surface area (Å²) in [6, 6.07) is 21.2. The number of nitrogens with one attached hydrogen (secondary N) is 2. The average molecular weight is 535 g/mol. The van der Waals surface area contributed by atoms with Crippen molar-refractivity contribution in [1.29, 1.82) is 0 Å². The number of carbonyl (C=O) groups is 2. The minimum absolute atomic E-state index is 0.0451. The number of hydrogen-bond donors (Lipinski definition) is 3. The number of halogens is 1. The van der Waals surface area contributed by atoms with Gasteiger partial charge in [0.1, 0.15) is 0 Å². The molecule has 3 atom stereocenters. The van der Waals surface area contributed by atoms with Crippen LogP contribution in [0.25, 0.3) is 10.8 Å². The molecule has 1 aliphatic rings. The summed E-state index contributed by atoms with van der Waals surface area (Å²) >= 11 is 6.09. The second-order valence-corrected chi connectivity index (χ2v) is 11.6. The number of carbonyl (C=O) groups excluding carboxylic acids is 2. The topological polar surface area (TPSA) is 87.5 Å². The van der Waals surface area contributed by atoms with Crippen LogP contribution in [0.4, 0.5) is 0 Å². The van der Waals surface area contributed by atoms with E-state index in [0.29, 0.717) is 36.6 Å². The van der Waals surface area contributed by atoms with Crippen molar-refractivity contribution in [3.8, 4) is 0 Å². The fraction of sp³-hybridized carbons (Fsp3) is 0.419. The van der Waals surface area contributed by atoms with Gasteiger partial charge in [-0.1, -0.05) is 61.0 Å². The molecule has 3 aromatic carbocycles. The van der Waals surface area contributed by atoms with E-state index in [2.05, 4.69) is 29.7 Å². The molecule has 1 saturated heterocycles. The second-order valence-electron chi connectivity index (χ2n) is 11.1. The van der Waals surface area contributed by atoms with Gasteiger partial charge in [-0.15, -0.1) is 0 Å². The Morgan fingerprint density at radius 3 is 2.55 bits per heavy atom. The van der Waals surface area contributed by atoms with Gasteiger partial charge in [0.15, 0.2) is 0 Å². The van der Waals surface area contributed by atoms with Crippen LogP contribution < -0.4 is 16.4 Å². The molecule has 4 N–H and O–H groups in total. The molecule has 0 radical (unpaired) electrons. The van der Waals surface area contributed by atoms with E-state index in [1.165, 1.54) is 5.56 Å². The molecule has 3 aromatic rings. The Labute approximate surface area is 230 Å². The number of amides is 2. The van der Waals surface area contributed by atoms with Crippen LogP contribution in [0.5, 0.6) is 0 Å². The molecule has 0 aliphatic carbocycles. The summed E-state index contributed by atoms with van der Waals surface area (Å²) in [5, 5.41) is 9.22. The number of hydrogen-bond acceptors (Lipinski definition) is 4. The smallest absolute Gasteiger partial charge is 0.251 e. The monoisotopic (exact) mass is 534 g/mol. The summed E-state index contributed by atoms with van der Waals surface area (Å²) in [7, 11) is 0. The van der Waals surface area contributed by atoms with Crippen LogP contribution in [-0.2, 0) is 4.79 Å². The Kier molecular flexibility index (Phi) is 9.08. The highest BCUT2D eigenvalue weighted by Gasteiger charge is 2.34. The Balaban J connectivity index is 1.45. The van der Waals surface area contributed by atoms with E-state index in [9.17, 15) is 9.59 Å². The lowest BCUT2D eigenvalue weighted by atomic mass is 9.94. The van der Waals surface area contributed by atoms with Gasteiger partial charge in [-0.05, 0) is 73.7 Å². The van der Waals surface area contributed by atoms with Crippen molar-refractivity contribution >= 4 is 34.2 Å². The Morgan fingerprint density at radius 1 is 1.13 bits per heavy atom. The van der Waals surface area contributed by atoms with Crippen LogP contribution in [0.1, 0.15) is 61.9 Å². The third kappa shape index (κ3) is 7.34. The van der Waals surface area contributed by atoms with E-state index in [4.69, 9.17) is 17.3 Å². The van der Waals surface area contributed by atoms with Crippen LogP contribution in [0, 0.1) is 0 Å². The first-order chi connectivity index (χ1) is 18.1. The third-order valence-electron chi connectivity index (χ3n) is 7.30. The standard InChI is InChI=1S/C31H39ClN4O2/c1-4-21(22-8-6-5-7-9-22)20-36-15-14-27(35-28(30(36)38)18-31(2,3)33)19-34-29(37)25-11-10-24-17-26(32)13-12-23(24)16-25/h5-13,16-17,21,27-28,35H,4,14-15,18-20,33H2,1-3H3,(H,34,37). The molecule has 1 fully saturated rings. The molecule has 38 heavy (non-hydrogen) atoms. The second kappa shape index (κ2) is 12.3. The van der Waals surface area contributed by atoms with Gasteiger partial charge in [0.2, 0.25) is 5.91 Å². The van der Waals surface area contributed by atoms with E-state index in [0.717, 1.165) is 23.6 Å². The zero-order valence-corrected chi connectivity index (χ0v) is 23.3. The van der Waals surface area contributed by atoms with Crippen molar-refractivity contribution in [2.75, 3.05) is 19.6 Å². The number of fused-ring (bicyclic) bond motifs is 1. The van der Waals surface area contributed by atoms with Crippen molar-refractivity contribution in [3.63, 3.8) is 0 Å². The SMILES string of the molecule is CCC(CN1CCC(CNC(=O)c2ccc3cc(Cl)ccc3c2)NC(CC(C)(C)N)C1=O)c1ccccc1. The van der Waals surface area contributed by atoms with Gasteiger partial charge in [-0.3, -0.25) is 9.59 Å². The molecular weight excluding hydrogens is 496 g/mol. The molecule has 1 heterocycles. The molecule has 0 aromatic heterocycles. The first-order valence-electron chi connectivity index (χ1n) is 13.5. The number of nitrogens with zero attached hydrogens (tertiary/aromatic N) is 1. The van der Waals surface area contributed by atoms with E-state index >= 15 is 0 Å². The van der Waals surface area contributed by atoms with Crippen molar-refractivity contribution in [2.45, 2.75) is 63.6 Å². The molecule has 0 bridgehead atoms. The van der Waals surface area contributed by atoms with Crippen molar-refractivity contribution < 1.29 is 9.59 Å². The van der Waals surface area contributed by atoms with E-state index < -0.39 is 11.6 Å². The Bertz CT molecular complexity index is 1260. The predicted molar refractivity (Wildman–Crippen MR) is 156 cm³/mol. The third-order valence-corrected chi connectivity index (χ3v) is 7.54. The maximum absolute atomic E-state index is 13.7. The highest BCUT2D eigenvalue weighted by atomic mass is 35.5. The zero-order valence-electron chi connectivity index (χ0n) is 22.5. The van der Waals surface area contributed by atoms with Crippen LogP contribution in [0.15, 0.2) is 66.7 Å². The zero-order chi connectivity index (χ0) is 27.3. The molecule has 0 spiro atoms. The van der Waals surface area contributed by atoms with Crippen LogP contribution in [-0.4, -0.2) is 54.0 Å². The van der Waals surface area contributed by atoms with E-state index in [-0.39, 0.29) is 23.8 Å². The number of benzene rings is 3. The van der Waals surface area contributed by atoms with Gasteiger partial charge in [0.05, 0.1) is 6.04 Å². The van der Waals surface area contributed by atoms with E-state index in [1.54, 1.807) is 0 Å². The number of nitrogens with two attached hydrogens (primary N) is 1. The van der Waals surface area contributed by atoms with Crippen molar-refractivity contribution in [2.24, 2.45) is 5.73 Å². The lowest BCUT2D eigenvalue weighted by Crippen LogP contribution is -2.53. The fourth-order valence-corrected chi connectivity index (χ4v) is 5.41. The summed E-state index contributed by atoms with van der Waals surface area (Å²) < 4.78 is 0. The highest BCUT2D eigenvalue weighted by molar-refractivity contribution is 6.31. The minimum Gasteiger partial charge on any atom is -0.350 e. The van der Waals surface area contributed by atoms with Gasteiger partial charge < -0.3 is 21.3 Å². The molecular formula is C31H39ClN4O2. The summed E-state index contributed by atoms with van der Waals surface area (Å²) in [6.45, 7) is 7.78. The molecule has 3 unspecified atom stereocenters. The quantitative estimate of drug-likeness (QED) is 0.356. The molecule has 1 aliphatic heterocycles. The summed E-state index contributed by atoms with van der Waals surface area (Å²) in [5.41, 5.74) is 7.69. The molecule has 4 rings (SSSR count). The maximum Gasteiger partial charge on any atom is 0.251 e. The highest BCUT2D eigenvalue weighted by Crippen LogP contribution is 2.24. The predicted octanol–water partition coefficient (Wildman–Crippen LogP) is 5.10. The number of rotatable bonds is 9. The molecule has 6 nitrogen and oxygen atoms in total. The molecule has 202 valence electrons. The summed E-state index contributed by atoms with van der Waals surface area (Å²) in [6.07, 6.45) is 2.21. The molecule has 2 amide bonds. The molecule has 7 heteroatoms. The van der Waals surface area contributed by atoms with Crippen LogP contribution in [0.3, 0.4) is 0 Å². The average Bonchev–Trinajstić information content (AvgIpc) is 3.03.